The van der Waals surface area contributed by atoms with Crippen LogP contribution in [-0.2, 0) is 25.6 Å². The zero-order chi connectivity index (χ0) is 23.5. The molecule has 2 aliphatic heterocycles. The van der Waals surface area contributed by atoms with Crippen molar-refractivity contribution in [1.82, 2.24) is 19.5 Å². The fourth-order valence-electron chi connectivity index (χ4n) is 4.91. The van der Waals surface area contributed by atoms with Crippen molar-refractivity contribution in [2.24, 2.45) is 11.8 Å². The highest BCUT2D eigenvalue weighted by Crippen LogP contribution is 2.75. The number of alkyl halides is 1. The lowest BCUT2D eigenvalue weighted by Crippen LogP contribution is -2.39. The summed E-state index contributed by atoms with van der Waals surface area (Å²) in [5.41, 5.74) is -1.34. The maximum absolute atomic E-state index is 15.2. The molecule has 2 saturated heterocycles. The topological polar surface area (TPSA) is 91.3 Å². The highest BCUT2D eigenvalue weighted by molar-refractivity contribution is 8.68. The van der Waals surface area contributed by atoms with Crippen LogP contribution in [0.1, 0.15) is 46.3 Å². The Labute approximate surface area is 200 Å². The van der Waals surface area contributed by atoms with E-state index in [4.69, 9.17) is 25.6 Å². The van der Waals surface area contributed by atoms with Crippen molar-refractivity contribution in [3.63, 3.8) is 0 Å². The largest absolute Gasteiger partial charge is 0.349 e. The quantitative estimate of drug-likeness (QED) is 0.461. The van der Waals surface area contributed by atoms with Crippen molar-refractivity contribution >= 4 is 40.0 Å². The molecule has 180 valence electrons. The van der Waals surface area contributed by atoms with E-state index in [0.717, 1.165) is 19.3 Å². The highest BCUT2D eigenvalue weighted by Gasteiger charge is 2.54. The standard InChI is InChI=1S/C21H28FN4O4PS2/c1-11(2)13-5-6-21(4)15(7-13)30-31(32,33-21)28-8-14-12(3)16(22)20(29-14)26-10-25-17-18(26)23-9-24-19(17)27/h9-10,12-16,20H,1,5-8H2,2-4H3,(H,23,24,27)/t12-,13-,14-,15+,16-,20-,21+,31+/m1/s1. The zero-order valence-corrected chi connectivity index (χ0v) is 21.3. The normalized spacial score (nSPS) is 40.8. The summed E-state index contributed by atoms with van der Waals surface area (Å²) in [7, 11) is 0. The third kappa shape index (κ3) is 4.15. The molecule has 3 aliphatic rings. The number of fused-ring (bicyclic) bond motifs is 2. The van der Waals surface area contributed by atoms with E-state index in [-0.39, 0.29) is 34.2 Å². The van der Waals surface area contributed by atoms with Gasteiger partial charge in [0.15, 0.2) is 23.6 Å². The van der Waals surface area contributed by atoms with Gasteiger partial charge in [-0.25, -0.2) is 14.4 Å². The summed E-state index contributed by atoms with van der Waals surface area (Å²) in [6, 6.07) is 0. The average molecular weight is 515 g/mol. The van der Waals surface area contributed by atoms with Crippen LogP contribution in [0.2, 0.25) is 0 Å². The van der Waals surface area contributed by atoms with E-state index in [0.29, 0.717) is 5.92 Å². The minimum atomic E-state index is -2.58. The van der Waals surface area contributed by atoms with E-state index in [9.17, 15) is 4.79 Å². The number of hydrogen-bond acceptors (Lipinski definition) is 8. The predicted octanol–water partition coefficient (Wildman–Crippen LogP) is 4.50. The van der Waals surface area contributed by atoms with Gasteiger partial charge in [-0.15, -0.1) is 0 Å². The van der Waals surface area contributed by atoms with E-state index in [1.165, 1.54) is 22.8 Å². The lowest BCUT2D eigenvalue weighted by atomic mass is 9.77. The molecule has 1 saturated carbocycles. The second-order valence-electron chi connectivity index (χ2n) is 9.48. The Kier molecular flexibility index (Phi) is 6.11. The minimum Gasteiger partial charge on any atom is -0.349 e. The first-order valence-corrected chi connectivity index (χ1v) is 15.1. The second kappa shape index (κ2) is 8.53. The summed E-state index contributed by atoms with van der Waals surface area (Å²) in [5.74, 6) is 0.0108. The minimum absolute atomic E-state index is 0.0360. The number of aromatic amines is 1. The Morgan fingerprint density at radius 2 is 2.33 bits per heavy atom. The van der Waals surface area contributed by atoms with Gasteiger partial charge in [0.05, 0.1) is 31.5 Å². The molecule has 0 unspecified atom stereocenters. The van der Waals surface area contributed by atoms with E-state index in [1.54, 1.807) is 18.3 Å². The zero-order valence-electron chi connectivity index (χ0n) is 18.8. The second-order valence-corrected chi connectivity index (χ2v) is 16.1. The van der Waals surface area contributed by atoms with Gasteiger partial charge in [-0.05, 0) is 50.8 Å². The smallest absolute Gasteiger partial charge is 0.278 e. The first-order chi connectivity index (χ1) is 15.6. The van der Waals surface area contributed by atoms with Gasteiger partial charge in [-0.1, -0.05) is 30.5 Å². The molecular weight excluding hydrogens is 486 g/mol. The fourth-order valence-corrected chi connectivity index (χ4v) is 12.0. The van der Waals surface area contributed by atoms with Gasteiger partial charge in [-0.3, -0.25) is 9.36 Å². The number of H-pyrrole nitrogens is 1. The number of hydrogen-bond donors (Lipinski definition) is 1. The van der Waals surface area contributed by atoms with Crippen LogP contribution in [0.25, 0.3) is 11.2 Å². The van der Waals surface area contributed by atoms with Crippen molar-refractivity contribution in [3.8, 4) is 0 Å². The number of allylic oxidation sites excluding steroid dienone is 1. The maximum atomic E-state index is 15.2. The third-order valence-electron chi connectivity index (χ3n) is 7.15. The highest BCUT2D eigenvalue weighted by atomic mass is 32.9. The molecule has 0 radical (unpaired) electrons. The Morgan fingerprint density at radius 1 is 1.55 bits per heavy atom. The monoisotopic (exact) mass is 514 g/mol. The van der Waals surface area contributed by atoms with Gasteiger partial charge < -0.3 is 18.8 Å². The van der Waals surface area contributed by atoms with Crippen LogP contribution in [0.4, 0.5) is 4.39 Å². The number of halogens is 1. The lowest BCUT2D eigenvalue weighted by Gasteiger charge is -2.37. The van der Waals surface area contributed by atoms with Gasteiger partial charge in [-0.2, -0.15) is 0 Å². The molecule has 4 heterocycles. The average Bonchev–Trinajstić information content (AvgIpc) is 3.39. The third-order valence-corrected chi connectivity index (χ3v) is 13.0. The van der Waals surface area contributed by atoms with Crippen LogP contribution in [0, 0.1) is 11.8 Å². The number of nitrogens with one attached hydrogen (secondary N) is 1. The van der Waals surface area contributed by atoms with Gasteiger partial charge in [0.25, 0.3) is 5.56 Å². The van der Waals surface area contributed by atoms with E-state index >= 15 is 4.39 Å². The molecule has 0 amide bonds. The van der Waals surface area contributed by atoms with Crippen LogP contribution in [-0.4, -0.2) is 49.3 Å². The Morgan fingerprint density at radius 3 is 3.09 bits per heavy atom. The molecule has 2 aromatic heterocycles. The number of imidazole rings is 1. The molecule has 3 fully saturated rings. The summed E-state index contributed by atoms with van der Waals surface area (Å²) < 4.78 is 35.2. The van der Waals surface area contributed by atoms with Crippen molar-refractivity contribution < 1.29 is 18.2 Å². The van der Waals surface area contributed by atoms with Gasteiger partial charge in [0.1, 0.15) is 0 Å². The molecule has 0 aromatic carbocycles. The summed E-state index contributed by atoms with van der Waals surface area (Å²) in [6.45, 7) is 10.3. The van der Waals surface area contributed by atoms with E-state index in [2.05, 4.69) is 35.4 Å². The van der Waals surface area contributed by atoms with Crippen molar-refractivity contribution in [1.29, 1.82) is 0 Å². The van der Waals surface area contributed by atoms with Crippen molar-refractivity contribution in [3.05, 3.63) is 35.2 Å². The Bertz CT molecular complexity index is 1190. The van der Waals surface area contributed by atoms with Crippen molar-refractivity contribution in [2.45, 2.75) is 69.4 Å². The summed E-state index contributed by atoms with van der Waals surface area (Å²) >= 11 is 7.48. The molecule has 33 heavy (non-hydrogen) atoms. The number of aromatic nitrogens is 4. The molecule has 5 rings (SSSR count). The van der Waals surface area contributed by atoms with Crippen LogP contribution < -0.4 is 5.56 Å². The fraction of sp³-hybridized carbons (Fsp3) is 0.667. The van der Waals surface area contributed by atoms with Crippen molar-refractivity contribution in [2.75, 3.05) is 6.61 Å². The lowest BCUT2D eigenvalue weighted by molar-refractivity contribution is -0.0343. The van der Waals surface area contributed by atoms with E-state index < -0.39 is 30.1 Å². The molecular formula is C21H28FN4O4PS2. The predicted molar refractivity (Wildman–Crippen MR) is 129 cm³/mol. The van der Waals surface area contributed by atoms with Crippen LogP contribution in [0.5, 0.6) is 0 Å². The van der Waals surface area contributed by atoms with Gasteiger partial charge in [0.2, 0.25) is 5.69 Å². The summed E-state index contributed by atoms with van der Waals surface area (Å²) in [6.07, 6.45) is 2.93. The van der Waals surface area contributed by atoms with Gasteiger partial charge >= 0.3 is 0 Å². The number of rotatable bonds is 5. The molecule has 1 N–H and O–H groups in total. The van der Waals surface area contributed by atoms with Crippen LogP contribution >= 0.6 is 17.1 Å². The molecule has 12 heteroatoms. The molecule has 8 atom stereocenters. The van der Waals surface area contributed by atoms with Crippen LogP contribution in [0.3, 0.4) is 0 Å². The molecule has 8 nitrogen and oxygen atoms in total. The first kappa shape index (κ1) is 23.6. The molecule has 0 spiro atoms. The van der Waals surface area contributed by atoms with Crippen LogP contribution in [0.15, 0.2) is 29.6 Å². The SMILES string of the molecule is C=C(C)[C@@H]1CC[C@]2(C)S[P@@](=S)(OC[C@H]3O[C@@H](n4cnc5c(=O)[nH]cnc54)[C@H](F)[C@@H]3C)O[C@H]2C1. The summed E-state index contributed by atoms with van der Waals surface area (Å²) in [4.78, 5) is 22.6. The van der Waals surface area contributed by atoms with Gasteiger partial charge in [0, 0.05) is 10.7 Å². The Hall–Kier alpha value is -1.10. The molecule has 2 aromatic rings. The molecule has 0 bridgehead atoms. The molecule has 1 aliphatic carbocycles. The Balaban J connectivity index is 1.28. The van der Waals surface area contributed by atoms with E-state index in [1.807, 2.05) is 0 Å². The summed E-state index contributed by atoms with van der Waals surface area (Å²) in [5, 5.41) is 0. The first-order valence-electron chi connectivity index (χ1n) is 11.1. The number of ether oxygens (including phenoxy) is 1. The maximum Gasteiger partial charge on any atom is 0.278 e. The number of nitrogens with zero attached hydrogens (tertiary/aromatic N) is 3.